The van der Waals surface area contributed by atoms with Crippen molar-refractivity contribution in [1.82, 2.24) is 5.32 Å². The first-order chi connectivity index (χ1) is 30.5. The van der Waals surface area contributed by atoms with Gasteiger partial charge in [-0.25, -0.2) is 0 Å². The number of esters is 1. The molecule has 0 heterocycles. The molecule has 0 fully saturated rings. The van der Waals surface area contributed by atoms with E-state index in [1.807, 2.05) is 0 Å². The number of carbonyl (C=O) groups is 2. The van der Waals surface area contributed by atoms with Crippen molar-refractivity contribution in [2.75, 3.05) is 6.61 Å². The molecular weight excluding hydrogens is 767 g/mol. The topological polar surface area (TPSA) is 95.9 Å². The predicted molar refractivity (Wildman–Crippen MR) is 268 cm³/mol. The second-order valence-corrected chi connectivity index (χ2v) is 16.9. The van der Waals surface area contributed by atoms with Crippen LogP contribution in [0.3, 0.4) is 0 Å². The highest BCUT2D eigenvalue weighted by molar-refractivity contribution is 5.77. The number of nitrogens with one attached hydrogen (secondary N) is 1. The van der Waals surface area contributed by atoms with Crippen LogP contribution in [-0.4, -0.2) is 46.9 Å². The summed E-state index contributed by atoms with van der Waals surface area (Å²) in [4.78, 5) is 26.1. The summed E-state index contributed by atoms with van der Waals surface area (Å²) in [6.45, 7) is 6.21. The lowest BCUT2D eigenvalue weighted by Gasteiger charge is -2.24. The van der Waals surface area contributed by atoms with Crippen molar-refractivity contribution < 1.29 is 24.5 Å². The molecule has 6 nitrogen and oxygen atoms in total. The summed E-state index contributed by atoms with van der Waals surface area (Å²) in [7, 11) is 0. The Morgan fingerprint density at radius 2 is 0.952 bits per heavy atom. The second-order valence-electron chi connectivity index (χ2n) is 16.9. The summed E-state index contributed by atoms with van der Waals surface area (Å²) in [6.07, 6.45) is 64.7. The van der Waals surface area contributed by atoms with E-state index in [-0.39, 0.29) is 24.9 Å². The molecule has 0 rings (SSSR count). The molecule has 0 saturated heterocycles. The first kappa shape index (κ1) is 58.8. The number of aliphatic hydroxyl groups excluding tert-OH is 2. The second kappa shape index (κ2) is 48.8. The smallest absolute Gasteiger partial charge is 0.306 e. The van der Waals surface area contributed by atoms with Gasteiger partial charge in [0.05, 0.1) is 25.2 Å². The Morgan fingerprint density at radius 1 is 0.500 bits per heavy atom. The molecule has 0 spiro atoms. The van der Waals surface area contributed by atoms with E-state index in [4.69, 9.17) is 4.74 Å². The van der Waals surface area contributed by atoms with E-state index in [2.05, 4.69) is 123 Å². The summed E-state index contributed by atoms with van der Waals surface area (Å²) < 4.78 is 5.89. The molecular formula is C56H95NO5. The van der Waals surface area contributed by atoms with Gasteiger partial charge in [0.1, 0.15) is 6.10 Å². The first-order valence-corrected chi connectivity index (χ1v) is 25.5. The molecule has 354 valence electrons. The van der Waals surface area contributed by atoms with Crippen molar-refractivity contribution >= 4 is 11.9 Å². The Hall–Kier alpha value is -3.22. The average molecular weight is 862 g/mol. The van der Waals surface area contributed by atoms with Crippen LogP contribution < -0.4 is 5.32 Å². The maximum atomic E-state index is 13.2. The third-order valence-corrected chi connectivity index (χ3v) is 11.0. The predicted octanol–water partition coefficient (Wildman–Crippen LogP) is 15.3. The molecule has 0 saturated carbocycles. The average Bonchev–Trinajstić information content (AvgIpc) is 3.26. The lowest BCUT2D eigenvalue weighted by molar-refractivity contribution is -0.151. The highest BCUT2D eigenvalue weighted by atomic mass is 16.5. The highest BCUT2D eigenvalue weighted by Gasteiger charge is 2.24. The Bertz CT molecular complexity index is 1240. The number of aliphatic hydroxyl groups is 2. The molecule has 0 aliphatic rings. The van der Waals surface area contributed by atoms with Crippen molar-refractivity contribution in [1.29, 1.82) is 0 Å². The maximum absolute atomic E-state index is 13.2. The fourth-order valence-electron chi connectivity index (χ4n) is 7.17. The van der Waals surface area contributed by atoms with E-state index in [1.165, 1.54) is 64.2 Å². The monoisotopic (exact) mass is 862 g/mol. The molecule has 62 heavy (non-hydrogen) atoms. The van der Waals surface area contributed by atoms with Crippen molar-refractivity contribution in [3.8, 4) is 0 Å². The zero-order valence-corrected chi connectivity index (χ0v) is 40.2. The molecule has 6 heteroatoms. The van der Waals surface area contributed by atoms with Crippen LogP contribution in [0.4, 0.5) is 0 Å². The van der Waals surface area contributed by atoms with Gasteiger partial charge < -0.3 is 20.3 Å². The fourth-order valence-corrected chi connectivity index (χ4v) is 7.17. The van der Waals surface area contributed by atoms with Crippen molar-refractivity contribution in [3.63, 3.8) is 0 Å². The van der Waals surface area contributed by atoms with Gasteiger partial charge in [-0.15, -0.1) is 0 Å². The van der Waals surface area contributed by atoms with Crippen LogP contribution in [0.2, 0.25) is 0 Å². The minimum atomic E-state index is -0.808. The normalized spacial score (nSPS) is 14.1. The van der Waals surface area contributed by atoms with E-state index in [1.54, 1.807) is 0 Å². The number of amides is 1. The van der Waals surface area contributed by atoms with E-state index in [0.717, 1.165) is 103 Å². The Labute approximate surface area is 382 Å². The van der Waals surface area contributed by atoms with E-state index < -0.39 is 18.2 Å². The zero-order chi connectivity index (χ0) is 45.2. The third-order valence-electron chi connectivity index (χ3n) is 11.0. The van der Waals surface area contributed by atoms with Crippen LogP contribution in [-0.2, 0) is 14.3 Å². The van der Waals surface area contributed by atoms with Crippen molar-refractivity contribution in [2.24, 2.45) is 0 Å². The molecule has 0 aromatic carbocycles. The summed E-state index contributed by atoms with van der Waals surface area (Å²) in [5, 5.41) is 23.7. The SMILES string of the molecule is CC/C=C\C/C=C\C/C=C\C/C=C\C/C=C\CCCC(=O)OC(CCCCCCC/C=C/C=C/C=C/CC)CC(=O)NC(CO)C(O)CCCCCCCCCCCCCCC. The number of ether oxygens (including phenoxy) is 1. The van der Waals surface area contributed by atoms with E-state index >= 15 is 0 Å². The quantitative estimate of drug-likeness (QED) is 0.0245. The van der Waals surface area contributed by atoms with Crippen LogP contribution in [0, 0.1) is 0 Å². The van der Waals surface area contributed by atoms with Gasteiger partial charge in [0.25, 0.3) is 0 Å². The Morgan fingerprint density at radius 3 is 1.48 bits per heavy atom. The van der Waals surface area contributed by atoms with Gasteiger partial charge in [-0.05, 0) is 83.5 Å². The summed E-state index contributed by atoms with van der Waals surface area (Å²) >= 11 is 0. The van der Waals surface area contributed by atoms with Gasteiger partial charge in [0, 0.05) is 6.42 Å². The van der Waals surface area contributed by atoms with Crippen LogP contribution in [0.1, 0.15) is 220 Å². The van der Waals surface area contributed by atoms with Gasteiger partial charge in [0.15, 0.2) is 0 Å². The molecule has 0 aliphatic heterocycles. The fraction of sp³-hybridized carbons (Fsp3) is 0.679. The number of hydrogen-bond acceptors (Lipinski definition) is 5. The molecule has 0 aromatic rings. The van der Waals surface area contributed by atoms with E-state index in [9.17, 15) is 19.8 Å². The molecule has 3 atom stereocenters. The number of hydrogen-bond donors (Lipinski definition) is 3. The standard InChI is InChI=1S/C56H95NO5/c1-4-7-10-13-16-19-22-25-26-27-28-31-34-37-40-43-46-49-56(61)62-52(47-44-41-38-35-32-29-23-20-17-14-11-8-5-2)50-55(60)57-53(51-58)54(59)48-45-42-39-36-33-30-24-21-18-15-12-9-6-3/h7-8,10-11,14,16-17,19-20,23,25-26,28,31,37,40,52-54,58-59H,4-6,9,12-13,15,18,21-22,24,27,29-30,32-36,38-39,41-51H2,1-3H3,(H,57,60)/b10-7-,11-8+,17-14+,19-16-,23-20+,26-25-,31-28-,40-37-. The minimum absolute atomic E-state index is 0.0359. The highest BCUT2D eigenvalue weighted by Crippen LogP contribution is 2.17. The number of rotatable bonds is 44. The number of carbonyl (C=O) groups excluding carboxylic acids is 2. The first-order valence-electron chi connectivity index (χ1n) is 25.5. The van der Waals surface area contributed by atoms with Crippen LogP contribution in [0.5, 0.6) is 0 Å². The van der Waals surface area contributed by atoms with Gasteiger partial charge in [-0.2, -0.15) is 0 Å². The molecule has 0 aromatic heterocycles. The van der Waals surface area contributed by atoms with Crippen LogP contribution in [0.25, 0.3) is 0 Å². The van der Waals surface area contributed by atoms with Gasteiger partial charge >= 0.3 is 5.97 Å². The molecule has 1 amide bonds. The van der Waals surface area contributed by atoms with E-state index in [0.29, 0.717) is 25.7 Å². The Balaban J connectivity index is 4.71. The van der Waals surface area contributed by atoms with Gasteiger partial charge in [-0.3, -0.25) is 9.59 Å². The zero-order valence-electron chi connectivity index (χ0n) is 40.2. The molecule has 3 N–H and O–H groups in total. The number of allylic oxidation sites excluding steroid dienone is 16. The lowest BCUT2D eigenvalue weighted by atomic mass is 10.0. The largest absolute Gasteiger partial charge is 0.462 e. The Kier molecular flexibility index (Phi) is 46.3. The van der Waals surface area contributed by atoms with Crippen LogP contribution >= 0.6 is 0 Å². The molecule has 0 aliphatic carbocycles. The summed E-state index contributed by atoms with van der Waals surface area (Å²) in [5.74, 6) is -0.571. The number of unbranched alkanes of at least 4 members (excludes halogenated alkanes) is 18. The summed E-state index contributed by atoms with van der Waals surface area (Å²) in [6, 6.07) is -0.725. The van der Waals surface area contributed by atoms with Crippen molar-refractivity contribution in [3.05, 3.63) is 97.2 Å². The summed E-state index contributed by atoms with van der Waals surface area (Å²) in [5.41, 5.74) is 0. The minimum Gasteiger partial charge on any atom is -0.462 e. The molecule has 0 radical (unpaired) electrons. The maximum Gasteiger partial charge on any atom is 0.306 e. The van der Waals surface area contributed by atoms with Gasteiger partial charge in [0.2, 0.25) is 5.91 Å². The van der Waals surface area contributed by atoms with Crippen LogP contribution in [0.15, 0.2) is 97.2 Å². The van der Waals surface area contributed by atoms with Crippen molar-refractivity contribution in [2.45, 2.75) is 238 Å². The van der Waals surface area contributed by atoms with Gasteiger partial charge in [-0.1, -0.05) is 221 Å². The molecule has 3 unspecified atom stereocenters. The molecule has 0 bridgehead atoms. The third kappa shape index (κ3) is 43.4. The lowest BCUT2D eigenvalue weighted by Crippen LogP contribution is -2.46.